The molecule has 1 rings (SSSR count). The molecule has 1 saturated carbocycles. The molecule has 1 aliphatic rings. The third-order valence-corrected chi connectivity index (χ3v) is 3.41. The summed E-state index contributed by atoms with van der Waals surface area (Å²) in [6, 6.07) is -0.425. The van der Waals surface area contributed by atoms with E-state index in [0.717, 1.165) is 12.8 Å². The van der Waals surface area contributed by atoms with Gasteiger partial charge in [0, 0.05) is 19.8 Å². The van der Waals surface area contributed by atoms with Crippen molar-refractivity contribution >= 4 is 12.0 Å². The van der Waals surface area contributed by atoms with Crippen LogP contribution in [0.25, 0.3) is 0 Å². The van der Waals surface area contributed by atoms with Crippen molar-refractivity contribution in [1.29, 1.82) is 0 Å². The van der Waals surface area contributed by atoms with Gasteiger partial charge in [-0.2, -0.15) is 0 Å². The zero-order valence-electron chi connectivity index (χ0n) is 12.6. The van der Waals surface area contributed by atoms with Crippen molar-refractivity contribution in [2.24, 2.45) is 11.8 Å². The summed E-state index contributed by atoms with van der Waals surface area (Å²) < 4.78 is 5.40. The van der Waals surface area contributed by atoms with Crippen LogP contribution < -0.4 is 10.6 Å². The Balaban J connectivity index is 2.18. The van der Waals surface area contributed by atoms with Crippen LogP contribution in [0, 0.1) is 11.8 Å². The summed E-state index contributed by atoms with van der Waals surface area (Å²) in [5.74, 6) is -0.434. The Labute approximate surface area is 120 Å². The molecule has 0 aromatic rings. The fourth-order valence-corrected chi connectivity index (χ4v) is 1.97. The summed E-state index contributed by atoms with van der Waals surface area (Å²) in [5.41, 5.74) is -1.15. The second kappa shape index (κ2) is 7.47. The number of amides is 2. The molecule has 1 atom stereocenters. The van der Waals surface area contributed by atoms with E-state index in [1.807, 2.05) is 0 Å². The quantitative estimate of drug-likeness (QED) is 0.562. The van der Waals surface area contributed by atoms with Gasteiger partial charge >= 0.3 is 12.0 Å². The third-order valence-electron chi connectivity index (χ3n) is 3.41. The van der Waals surface area contributed by atoms with Crippen molar-refractivity contribution in [3.05, 3.63) is 0 Å². The first-order valence-corrected chi connectivity index (χ1v) is 7.23. The number of carboxylic acid groups (broad SMARTS) is 1. The largest absolute Gasteiger partial charge is 0.480 e. The maximum Gasteiger partial charge on any atom is 0.329 e. The molecule has 0 heterocycles. The van der Waals surface area contributed by atoms with Gasteiger partial charge in [-0.15, -0.1) is 0 Å². The molecule has 0 saturated heterocycles. The monoisotopic (exact) mass is 286 g/mol. The lowest BCUT2D eigenvalue weighted by molar-refractivity contribution is -0.144. The second-order valence-corrected chi connectivity index (χ2v) is 5.98. The number of aliphatic carboxylic acids is 1. The molecule has 0 spiro atoms. The first kappa shape index (κ1) is 16.8. The molecule has 6 nitrogen and oxygen atoms in total. The SMILES string of the molecule is CC(C)COCCCNC(=O)NC(C)(C(=O)O)C1CC1. The van der Waals surface area contributed by atoms with Crippen molar-refractivity contribution in [2.45, 2.75) is 45.6 Å². The Morgan fingerprint density at radius 1 is 1.40 bits per heavy atom. The number of carbonyl (C=O) groups is 2. The van der Waals surface area contributed by atoms with E-state index < -0.39 is 17.5 Å². The molecule has 3 N–H and O–H groups in total. The molecule has 0 bridgehead atoms. The van der Waals surface area contributed by atoms with Crippen LogP contribution in [0.3, 0.4) is 0 Å². The molecule has 0 radical (unpaired) electrons. The molecule has 1 fully saturated rings. The second-order valence-electron chi connectivity index (χ2n) is 5.98. The summed E-state index contributed by atoms with van der Waals surface area (Å²) in [6.07, 6.45) is 2.42. The highest BCUT2D eigenvalue weighted by Crippen LogP contribution is 2.39. The highest BCUT2D eigenvalue weighted by Gasteiger charge is 2.48. The van der Waals surface area contributed by atoms with Crippen molar-refractivity contribution in [1.82, 2.24) is 10.6 Å². The number of carbonyl (C=O) groups excluding carboxylic acids is 1. The molecule has 6 heteroatoms. The van der Waals surface area contributed by atoms with Crippen LogP contribution in [-0.2, 0) is 9.53 Å². The van der Waals surface area contributed by atoms with Gasteiger partial charge < -0.3 is 20.5 Å². The number of urea groups is 1. The van der Waals surface area contributed by atoms with Crippen molar-refractivity contribution in [2.75, 3.05) is 19.8 Å². The molecule has 0 aromatic heterocycles. The Hall–Kier alpha value is -1.30. The van der Waals surface area contributed by atoms with Gasteiger partial charge in [0.2, 0.25) is 0 Å². The van der Waals surface area contributed by atoms with E-state index in [1.54, 1.807) is 6.92 Å². The lowest BCUT2D eigenvalue weighted by Crippen LogP contribution is -2.56. The average molecular weight is 286 g/mol. The molecule has 116 valence electrons. The first-order valence-electron chi connectivity index (χ1n) is 7.23. The smallest absolute Gasteiger partial charge is 0.329 e. The normalized spacial score (nSPS) is 17.6. The number of rotatable bonds is 9. The summed E-state index contributed by atoms with van der Waals surface area (Å²) in [4.78, 5) is 23.0. The van der Waals surface area contributed by atoms with Crippen LogP contribution in [0.15, 0.2) is 0 Å². The van der Waals surface area contributed by atoms with Crippen LogP contribution in [0.5, 0.6) is 0 Å². The lowest BCUT2D eigenvalue weighted by atomic mass is 9.96. The number of ether oxygens (including phenoxy) is 1. The Morgan fingerprint density at radius 2 is 2.05 bits per heavy atom. The van der Waals surface area contributed by atoms with E-state index in [0.29, 0.717) is 32.1 Å². The van der Waals surface area contributed by atoms with Crippen molar-refractivity contribution in [3.8, 4) is 0 Å². The maximum absolute atomic E-state index is 11.7. The topological polar surface area (TPSA) is 87.7 Å². The standard InChI is InChI=1S/C14H26N2O4/c1-10(2)9-20-8-4-7-15-13(19)16-14(3,12(17)18)11-5-6-11/h10-11H,4-9H2,1-3H3,(H,17,18)(H2,15,16,19). The minimum absolute atomic E-state index is 0.0418. The molecule has 1 unspecified atom stereocenters. The van der Waals surface area contributed by atoms with Crippen molar-refractivity contribution in [3.63, 3.8) is 0 Å². The molecule has 0 aliphatic heterocycles. The van der Waals surface area contributed by atoms with Gasteiger partial charge in [-0.25, -0.2) is 9.59 Å². The van der Waals surface area contributed by atoms with Crippen LogP contribution in [-0.4, -0.2) is 42.4 Å². The fraction of sp³-hybridized carbons (Fsp3) is 0.857. The molecular weight excluding hydrogens is 260 g/mol. The van der Waals surface area contributed by atoms with Gasteiger partial charge in [-0.05, 0) is 38.0 Å². The Bertz CT molecular complexity index is 342. The van der Waals surface area contributed by atoms with E-state index in [4.69, 9.17) is 4.74 Å². The lowest BCUT2D eigenvalue weighted by Gasteiger charge is -2.26. The molecule has 0 aromatic carbocycles. The summed E-state index contributed by atoms with van der Waals surface area (Å²) in [5, 5.41) is 14.5. The minimum atomic E-state index is -1.15. The van der Waals surface area contributed by atoms with Crippen LogP contribution in [0.2, 0.25) is 0 Å². The number of nitrogens with one attached hydrogen (secondary N) is 2. The van der Waals surface area contributed by atoms with Crippen LogP contribution in [0.1, 0.15) is 40.0 Å². The third kappa shape index (κ3) is 5.36. The molecule has 1 aliphatic carbocycles. The summed E-state index contributed by atoms with van der Waals surface area (Å²) in [6.45, 7) is 7.51. The maximum atomic E-state index is 11.7. The first-order chi connectivity index (χ1) is 9.36. The van der Waals surface area contributed by atoms with E-state index in [2.05, 4.69) is 24.5 Å². The summed E-state index contributed by atoms with van der Waals surface area (Å²) in [7, 11) is 0. The van der Waals surface area contributed by atoms with Crippen molar-refractivity contribution < 1.29 is 19.4 Å². The van der Waals surface area contributed by atoms with Gasteiger partial charge in [0.25, 0.3) is 0 Å². The predicted molar refractivity (Wildman–Crippen MR) is 75.6 cm³/mol. The average Bonchev–Trinajstić information content (AvgIpc) is 3.17. The van der Waals surface area contributed by atoms with Gasteiger partial charge in [0.15, 0.2) is 0 Å². The van der Waals surface area contributed by atoms with Gasteiger partial charge in [-0.1, -0.05) is 13.8 Å². The van der Waals surface area contributed by atoms with E-state index in [9.17, 15) is 14.7 Å². The molecule has 2 amide bonds. The van der Waals surface area contributed by atoms with Gasteiger partial charge in [-0.3, -0.25) is 0 Å². The highest BCUT2D eigenvalue weighted by atomic mass is 16.5. The van der Waals surface area contributed by atoms with Gasteiger partial charge in [0.05, 0.1) is 0 Å². The van der Waals surface area contributed by atoms with Crippen LogP contribution >= 0.6 is 0 Å². The van der Waals surface area contributed by atoms with E-state index in [1.165, 1.54) is 0 Å². The van der Waals surface area contributed by atoms with Crippen LogP contribution in [0.4, 0.5) is 4.79 Å². The summed E-state index contributed by atoms with van der Waals surface area (Å²) >= 11 is 0. The fourth-order valence-electron chi connectivity index (χ4n) is 1.97. The Morgan fingerprint density at radius 3 is 2.55 bits per heavy atom. The number of carboxylic acids is 1. The number of hydrogen-bond donors (Lipinski definition) is 3. The Kier molecular flexibility index (Phi) is 6.26. The minimum Gasteiger partial charge on any atom is -0.480 e. The zero-order valence-corrected chi connectivity index (χ0v) is 12.6. The highest BCUT2D eigenvalue weighted by molar-refractivity contribution is 5.86. The zero-order chi connectivity index (χ0) is 15.2. The van der Waals surface area contributed by atoms with E-state index >= 15 is 0 Å². The van der Waals surface area contributed by atoms with E-state index in [-0.39, 0.29) is 5.92 Å². The number of hydrogen-bond acceptors (Lipinski definition) is 3. The molecule has 20 heavy (non-hydrogen) atoms. The predicted octanol–water partition coefficient (Wildman–Crippen LogP) is 1.60. The molecular formula is C14H26N2O4. The van der Waals surface area contributed by atoms with Gasteiger partial charge in [0.1, 0.15) is 5.54 Å².